The lowest BCUT2D eigenvalue weighted by molar-refractivity contribution is -0.240. The Morgan fingerprint density at radius 1 is 1.05 bits per heavy atom. The molecular formula is C13H11NO8. The highest BCUT2D eigenvalue weighted by Crippen LogP contribution is 2.26. The second-order valence-corrected chi connectivity index (χ2v) is 4.45. The molecule has 0 aromatic heterocycles. The molecule has 1 heterocycles. The summed E-state index contributed by atoms with van der Waals surface area (Å²) in [7, 11) is 0. The minimum absolute atomic E-state index is 0.105. The summed E-state index contributed by atoms with van der Waals surface area (Å²) in [5.74, 6) is -3.82. The average Bonchev–Trinajstić information content (AvgIpc) is 2.79. The zero-order valence-electron chi connectivity index (χ0n) is 11.1. The van der Waals surface area contributed by atoms with E-state index in [-0.39, 0.29) is 17.5 Å². The summed E-state index contributed by atoms with van der Waals surface area (Å²) in [6.07, 6.45) is -0.839. The van der Waals surface area contributed by atoms with Gasteiger partial charge in [-0.15, -0.1) is 0 Å². The maximum Gasteiger partial charge on any atom is 0.364 e. The third-order valence-corrected chi connectivity index (χ3v) is 3.22. The van der Waals surface area contributed by atoms with Gasteiger partial charge in [-0.3, -0.25) is 19.4 Å². The van der Waals surface area contributed by atoms with Crippen LogP contribution in [0.15, 0.2) is 24.3 Å². The molecule has 0 radical (unpaired) electrons. The number of amides is 2. The van der Waals surface area contributed by atoms with Crippen molar-refractivity contribution in [1.29, 1.82) is 0 Å². The SMILES string of the molecule is O=C(CCC(C(=O)OO)N1C(=O)c2ccccc2C1=O)OO. The van der Waals surface area contributed by atoms with E-state index in [1.54, 1.807) is 12.1 Å². The van der Waals surface area contributed by atoms with Gasteiger partial charge < -0.3 is 4.89 Å². The van der Waals surface area contributed by atoms with Crippen molar-refractivity contribution in [3.8, 4) is 0 Å². The lowest BCUT2D eigenvalue weighted by atomic mass is 10.1. The summed E-state index contributed by atoms with van der Waals surface area (Å²) in [5, 5.41) is 16.7. The summed E-state index contributed by atoms with van der Waals surface area (Å²) in [6.45, 7) is 0. The summed E-state index contributed by atoms with van der Waals surface area (Å²) < 4.78 is 0. The number of hydrogen-bond donors (Lipinski definition) is 2. The monoisotopic (exact) mass is 309 g/mol. The Kier molecular flexibility index (Phi) is 4.49. The van der Waals surface area contributed by atoms with Gasteiger partial charge in [-0.2, -0.15) is 10.5 Å². The molecule has 2 N–H and O–H groups in total. The quantitative estimate of drug-likeness (QED) is 0.456. The zero-order valence-corrected chi connectivity index (χ0v) is 11.1. The van der Waals surface area contributed by atoms with Crippen LogP contribution in [0.2, 0.25) is 0 Å². The Labute approximate surface area is 123 Å². The normalized spacial score (nSPS) is 14.5. The van der Waals surface area contributed by atoms with Gasteiger partial charge >= 0.3 is 11.9 Å². The first-order valence-corrected chi connectivity index (χ1v) is 6.17. The molecule has 116 valence electrons. The van der Waals surface area contributed by atoms with Crippen LogP contribution in [0, 0.1) is 0 Å². The Hall–Kier alpha value is -2.78. The fourth-order valence-electron chi connectivity index (χ4n) is 2.20. The smallest absolute Gasteiger partial charge is 0.301 e. The molecule has 0 saturated heterocycles. The van der Waals surface area contributed by atoms with Crippen LogP contribution in [0.25, 0.3) is 0 Å². The van der Waals surface area contributed by atoms with Crippen molar-refractivity contribution in [3.05, 3.63) is 35.4 Å². The average molecular weight is 309 g/mol. The number of fused-ring (bicyclic) bond motifs is 1. The fourth-order valence-corrected chi connectivity index (χ4v) is 2.20. The molecule has 0 aliphatic carbocycles. The minimum atomic E-state index is -1.52. The summed E-state index contributed by atoms with van der Waals surface area (Å²) in [4.78, 5) is 54.7. The molecule has 9 heteroatoms. The number of imide groups is 1. The molecule has 0 bridgehead atoms. The van der Waals surface area contributed by atoms with Crippen molar-refractivity contribution in [2.75, 3.05) is 0 Å². The first-order chi connectivity index (χ1) is 10.5. The Bertz CT molecular complexity index is 606. The lowest BCUT2D eigenvalue weighted by Gasteiger charge is -2.22. The van der Waals surface area contributed by atoms with Gasteiger partial charge in [0.25, 0.3) is 11.8 Å². The van der Waals surface area contributed by atoms with E-state index in [0.717, 1.165) is 0 Å². The van der Waals surface area contributed by atoms with Crippen molar-refractivity contribution in [1.82, 2.24) is 4.90 Å². The topological polar surface area (TPSA) is 130 Å². The number of benzene rings is 1. The largest absolute Gasteiger partial charge is 0.364 e. The molecule has 1 aliphatic rings. The third-order valence-electron chi connectivity index (χ3n) is 3.22. The molecule has 1 aromatic carbocycles. The van der Waals surface area contributed by atoms with Gasteiger partial charge in [0.2, 0.25) is 0 Å². The number of nitrogens with zero attached hydrogens (tertiary/aromatic N) is 1. The van der Waals surface area contributed by atoms with Crippen LogP contribution in [0.3, 0.4) is 0 Å². The van der Waals surface area contributed by atoms with Crippen molar-refractivity contribution >= 4 is 23.8 Å². The second kappa shape index (κ2) is 6.33. The van der Waals surface area contributed by atoms with Crippen LogP contribution in [0.1, 0.15) is 33.6 Å². The molecule has 0 saturated carbocycles. The number of carbonyl (C=O) groups is 4. The Morgan fingerprint density at radius 3 is 2.05 bits per heavy atom. The van der Waals surface area contributed by atoms with Gasteiger partial charge in [-0.25, -0.2) is 9.59 Å². The predicted octanol–water partition coefficient (Wildman–Crippen LogP) is 0.464. The molecule has 1 aromatic rings. The number of carbonyl (C=O) groups excluding carboxylic acids is 4. The van der Waals surface area contributed by atoms with Crippen LogP contribution in [-0.4, -0.2) is 45.2 Å². The molecule has 22 heavy (non-hydrogen) atoms. The Morgan fingerprint density at radius 2 is 1.59 bits per heavy atom. The molecule has 1 unspecified atom stereocenters. The van der Waals surface area contributed by atoms with Crippen molar-refractivity contribution in [2.24, 2.45) is 0 Å². The fraction of sp³-hybridized carbons (Fsp3) is 0.231. The molecule has 0 fully saturated rings. The third kappa shape index (κ3) is 2.67. The van der Waals surface area contributed by atoms with Crippen LogP contribution in [0.4, 0.5) is 0 Å². The van der Waals surface area contributed by atoms with Gasteiger partial charge in [-0.05, 0) is 18.6 Å². The summed E-state index contributed by atoms with van der Waals surface area (Å²) in [6, 6.07) is 4.42. The highest BCUT2D eigenvalue weighted by molar-refractivity contribution is 6.22. The molecule has 2 amide bonds. The van der Waals surface area contributed by atoms with E-state index in [1.165, 1.54) is 12.1 Å². The van der Waals surface area contributed by atoms with E-state index >= 15 is 0 Å². The predicted molar refractivity (Wildman–Crippen MR) is 67.4 cm³/mol. The minimum Gasteiger partial charge on any atom is -0.301 e. The molecule has 2 rings (SSSR count). The van der Waals surface area contributed by atoms with Crippen molar-refractivity contribution in [3.63, 3.8) is 0 Å². The Balaban J connectivity index is 2.29. The molecular weight excluding hydrogens is 298 g/mol. The molecule has 1 atom stereocenters. The van der Waals surface area contributed by atoms with Crippen LogP contribution < -0.4 is 0 Å². The van der Waals surface area contributed by atoms with Gasteiger partial charge in [0.05, 0.1) is 17.5 Å². The standard InChI is InChI=1S/C13H11NO8/c15-10(21-19)6-5-9(13(18)22-20)14-11(16)7-3-1-2-4-8(7)12(14)17/h1-4,9,19-20H,5-6H2. The zero-order chi connectivity index (χ0) is 16.3. The van der Waals surface area contributed by atoms with E-state index in [1.807, 2.05) is 0 Å². The van der Waals surface area contributed by atoms with E-state index in [9.17, 15) is 19.2 Å². The lowest BCUT2D eigenvalue weighted by Crippen LogP contribution is -2.45. The maximum atomic E-state index is 12.2. The first kappa shape index (κ1) is 15.6. The second-order valence-electron chi connectivity index (χ2n) is 4.45. The number of hydrogen-bond acceptors (Lipinski definition) is 8. The van der Waals surface area contributed by atoms with Gasteiger partial charge in [0.1, 0.15) is 6.04 Å². The number of rotatable bonds is 5. The summed E-state index contributed by atoms with van der Waals surface area (Å²) in [5.41, 5.74) is 0.209. The molecule has 9 nitrogen and oxygen atoms in total. The van der Waals surface area contributed by atoms with E-state index in [0.29, 0.717) is 4.90 Å². The van der Waals surface area contributed by atoms with E-state index in [4.69, 9.17) is 10.5 Å². The van der Waals surface area contributed by atoms with Crippen molar-refractivity contribution < 1.29 is 39.5 Å². The summed E-state index contributed by atoms with van der Waals surface area (Å²) >= 11 is 0. The first-order valence-electron chi connectivity index (χ1n) is 6.17. The highest BCUT2D eigenvalue weighted by atomic mass is 17.1. The van der Waals surface area contributed by atoms with Crippen LogP contribution >= 0.6 is 0 Å². The van der Waals surface area contributed by atoms with Crippen molar-refractivity contribution in [2.45, 2.75) is 18.9 Å². The van der Waals surface area contributed by atoms with Crippen LogP contribution in [0.5, 0.6) is 0 Å². The van der Waals surface area contributed by atoms with Gasteiger partial charge in [0.15, 0.2) is 0 Å². The molecule has 0 spiro atoms. The maximum absolute atomic E-state index is 12.2. The molecule has 1 aliphatic heterocycles. The highest BCUT2D eigenvalue weighted by Gasteiger charge is 2.43. The van der Waals surface area contributed by atoms with E-state index in [2.05, 4.69) is 9.78 Å². The van der Waals surface area contributed by atoms with Gasteiger partial charge in [0, 0.05) is 0 Å². The van der Waals surface area contributed by atoms with E-state index < -0.39 is 36.2 Å². The van der Waals surface area contributed by atoms with Gasteiger partial charge in [-0.1, -0.05) is 12.1 Å². The van der Waals surface area contributed by atoms with Crippen LogP contribution in [-0.2, 0) is 19.4 Å².